The number of rotatable bonds is 9. The Morgan fingerprint density at radius 1 is 0.722 bits per heavy atom. The molecule has 1 amide bonds. The third kappa shape index (κ3) is 14.3. The number of carboxylic acid groups (broad SMARTS) is 2. The van der Waals surface area contributed by atoms with Crippen LogP contribution in [-0.2, 0) is 19.2 Å². The fraction of sp³-hybridized carbons (Fsp3) is 0.429. The number of carbonyl (C=O) groups excluding carboxylic acids is 4. The number of ether oxygens (including phenoxy) is 4. The van der Waals surface area contributed by atoms with Crippen LogP contribution >= 0.6 is 0 Å². The molecular weight excluding hydrogens is 736 g/mol. The largest absolute Gasteiger partial charge is 0.542 e. The second kappa shape index (κ2) is 20.2. The summed E-state index contributed by atoms with van der Waals surface area (Å²) >= 11 is 0. The van der Waals surface area contributed by atoms with Crippen LogP contribution in [-0.4, -0.2) is 110 Å². The summed E-state index contributed by atoms with van der Waals surface area (Å²) in [7, 11) is 8.53. The molecule has 1 heterocycles. The van der Waals surface area contributed by atoms with Crippen molar-refractivity contribution in [3.8, 4) is 23.0 Å². The van der Waals surface area contributed by atoms with Gasteiger partial charge in [-0.3, -0.25) is 9.59 Å². The average molecular weight is 778 g/mol. The molecule has 0 bridgehead atoms. The van der Waals surface area contributed by atoms with Crippen LogP contribution < -0.4 is 44.3 Å². The quantitative estimate of drug-likeness (QED) is 0.213. The summed E-state index contributed by atoms with van der Waals surface area (Å²) in [6, 6.07) is 10.9. The number of benzene rings is 2. The van der Waals surface area contributed by atoms with Crippen LogP contribution in [0.2, 0.25) is 0 Å². The molecule has 4 rings (SSSR count). The van der Waals surface area contributed by atoms with Crippen molar-refractivity contribution >= 4 is 35.8 Å². The van der Waals surface area contributed by atoms with Gasteiger partial charge in [-0.25, -0.2) is 0 Å². The van der Waals surface area contributed by atoms with Crippen molar-refractivity contribution in [2.75, 3.05) is 68.2 Å². The third-order valence-corrected chi connectivity index (χ3v) is 8.06. The first-order chi connectivity index (χ1) is 25.2. The Bertz CT molecular complexity index is 1580. The minimum Gasteiger partial charge on any atom is -0.542 e. The van der Waals surface area contributed by atoms with Crippen molar-refractivity contribution in [1.29, 1.82) is 0 Å². The van der Waals surface area contributed by atoms with Gasteiger partial charge in [-0.05, 0) is 60.4 Å². The Kier molecular flexibility index (Phi) is 16.8. The molecule has 3 N–H and O–H groups in total. The van der Waals surface area contributed by atoms with Crippen LogP contribution in [0.25, 0.3) is 12.2 Å². The standard InChI is InChI=1S/C31H39N3O6.2C2HF3O2/c1-33-10-12-34(13-11-33)20-30(35)32-25-18-23(14-21-6-8-26(37-2)28(16-21)39-4)31(36)24(19-25)15-22-7-9-27(38-3)29(17-22)40-5;2*3-2(4,5)1(6)7/h6-9,14-17,25H,10-13,18-20H2,1-5H3,(H,32,35);2*(H,6,7)/b23-14+,24-15+;;. The minimum atomic E-state index is -5.19. The van der Waals surface area contributed by atoms with E-state index in [1.165, 1.54) is 9.80 Å². The Morgan fingerprint density at radius 2 is 1.09 bits per heavy atom. The highest BCUT2D eigenvalue weighted by atomic mass is 19.4. The lowest BCUT2D eigenvalue weighted by Crippen LogP contribution is -3.27. The zero-order valence-electron chi connectivity index (χ0n) is 30.0. The Labute approximate surface area is 306 Å². The van der Waals surface area contributed by atoms with Crippen LogP contribution in [0.15, 0.2) is 47.5 Å². The molecule has 1 saturated carbocycles. The number of carboxylic acids is 2. The maximum absolute atomic E-state index is 13.7. The van der Waals surface area contributed by atoms with E-state index in [0.29, 0.717) is 53.5 Å². The Balaban J connectivity index is 0.000000610. The van der Waals surface area contributed by atoms with E-state index in [1.54, 1.807) is 28.4 Å². The lowest BCUT2D eigenvalue weighted by atomic mass is 9.83. The summed E-state index contributed by atoms with van der Waals surface area (Å²) in [5.74, 6) is -3.63. The summed E-state index contributed by atoms with van der Waals surface area (Å²) in [5, 5.41) is 20.8. The number of Topliss-reactive ketones (excluding diaryl/α,β-unsaturated/α-hetero) is 1. The molecule has 2 aromatic rings. The van der Waals surface area contributed by atoms with Gasteiger partial charge in [0.25, 0.3) is 5.91 Å². The smallest absolute Gasteiger partial charge is 0.430 e. The van der Waals surface area contributed by atoms with Gasteiger partial charge in [0.15, 0.2) is 35.3 Å². The molecule has 1 aliphatic heterocycles. The maximum Gasteiger partial charge on any atom is 0.430 e. The number of ketones is 1. The number of alkyl halides is 6. The summed E-state index contributed by atoms with van der Waals surface area (Å²) in [6.45, 7) is 4.55. The molecule has 1 saturated heterocycles. The highest BCUT2D eigenvalue weighted by molar-refractivity contribution is 6.14. The number of hydrogen-bond donors (Lipinski definition) is 3. The molecule has 13 nitrogen and oxygen atoms in total. The molecule has 0 unspecified atom stereocenters. The molecule has 2 fully saturated rings. The van der Waals surface area contributed by atoms with Crippen LogP contribution in [0.4, 0.5) is 26.3 Å². The first-order valence-electron chi connectivity index (χ1n) is 16.1. The lowest BCUT2D eigenvalue weighted by Gasteiger charge is -2.29. The van der Waals surface area contributed by atoms with E-state index in [-0.39, 0.29) is 17.7 Å². The van der Waals surface area contributed by atoms with Gasteiger partial charge in [0.05, 0.1) is 35.5 Å². The molecule has 54 heavy (non-hydrogen) atoms. The van der Waals surface area contributed by atoms with Gasteiger partial charge in [-0.1, -0.05) is 12.1 Å². The number of hydrogen-bond acceptors (Lipinski definition) is 10. The zero-order valence-corrected chi connectivity index (χ0v) is 30.0. The zero-order chi connectivity index (χ0) is 40.8. The first kappa shape index (κ1) is 44.9. The van der Waals surface area contributed by atoms with E-state index >= 15 is 0 Å². The van der Waals surface area contributed by atoms with Crippen LogP contribution in [0, 0.1) is 0 Å². The molecule has 0 aromatic heterocycles. The van der Waals surface area contributed by atoms with Gasteiger partial charge in [0, 0.05) is 17.2 Å². The Morgan fingerprint density at radius 3 is 1.43 bits per heavy atom. The molecule has 2 aliphatic rings. The number of methoxy groups -OCH3 is 4. The normalized spacial score (nSPS) is 20.1. The van der Waals surface area contributed by atoms with Crippen LogP contribution in [0.3, 0.4) is 0 Å². The number of likely N-dealkylation sites (N-methyl/N-ethyl adjacent to an activating group) is 1. The van der Waals surface area contributed by atoms with Crippen molar-refractivity contribution in [1.82, 2.24) is 5.32 Å². The third-order valence-electron chi connectivity index (χ3n) is 8.06. The average Bonchev–Trinajstić information content (AvgIpc) is 3.10. The molecule has 0 atom stereocenters. The SMILES string of the molecule is COc1ccc(/C=C2\CC(NC(=O)C[NH+]3CC[NH+](C)CC3)C/C(=C\c3ccc(OC)c(OC)c3)C2=O)cc1OC.O=C([O-])C(F)(F)F.O=C([O-])C(F)(F)F. The molecule has 19 heteroatoms. The molecule has 298 valence electrons. The highest BCUT2D eigenvalue weighted by Gasteiger charge is 2.31. The number of amides is 1. The molecule has 0 spiro atoms. The number of nitrogens with one attached hydrogen (secondary N) is 3. The van der Waals surface area contributed by atoms with Crippen molar-refractivity contribution < 1.29 is 84.5 Å². The summed E-state index contributed by atoms with van der Waals surface area (Å²) in [5.41, 5.74) is 2.91. The van der Waals surface area contributed by atoms with Crippen LogP contribution in [0.1, 0.15) is 24.0 Å². The molecule has 2 aromatic carbocycles. The van der Waals surface area contributed by atoms with E-state index in [4.69, 9.17) is 38.7 Å². The predicted molar refractivity (Wildman–Crippen MR) is 176 cm³/mol. The van der Waals surface area contributed by atoms with Gasteiger partial charge >= 0.3 is 12.4 Å². The number of aliphatic carboxylic acids is 2. The van der Waals surface area contributed by atoms with Gasteiger partial charge in [-0.2, -0.15) is 26.3 Å². The summed E-state index contributed by atoms with van der Waals surface area (Å²) in [4.78, 5) is 47.1. The molecule has 0 radical (unpaired) electrons. The second-order valence-electron chi connectivity index (χ2n) is 12.0. The van der Waals surface area contributed by atoms with Crippen LogP contribution in [0.5, 0.6) is 23.0 Å². The van der Waals surface area contributed by atoms with Crippen molar-refractivity contribution in [2.45, 2.75) is 31.2 Å². The van der Waals surface area contributed by atoms with Gasteiger partial charge in [0.1, 0.15) is 38.1 Å². The summed E-state index contributed by atoms with van der Waals surface area (Å²) in [6.07, 6.45) is -5.74. The van der Waals surface area contributed by atoms with E-state index in [9.17, 15) is 35.9 Å². The second-order valence-corrected chi connectivity index (χ2v) is 12.0. The van der Waals surface area contributed by atoms with Crippen molar-refractivity contribution in [3.05, 3.63) is 58.7 Å². The van der Waals surface area contributed by atoms with Gasteiger partial charge < -0.3 is 53.9 Å². The predicted octanol–water partition coefficient (Wildman–Crippen LogP) is -0.954. The monoisotopic (exact) mass is 777 g/mol. The first-order valence-corrected chi connectivity index (χ1v) is 16.1. The summed E-state index contributed by atoms with van der Waals surface area (Å²) < 4.78 is 84.7. The van der Waals surface area contributed by atoms with E-state index < -0.39 is 24.3 Å². The fourth-order valence-corrected chi connectivity index (χ4v) is 5.35. The van der Waals surface area contributed by atoms with Gasteiger partial charge in [0.2, 0.25) is 0 Å². The van der Waals surface area contributed by atoms with E-state index in [2.05, 4.69) is 12.4 Å². The Hall–Kier alpha value is -5.30. The van der Waals surface area contributed by atoms with Gasteiger partial charge in [-0.15, -0.1) is 0 Å². The molecule has 1 aliphatic carbocycles. The highest BCUT2D eigenvalue weighted by Crippen LogP contribution is 2.33. The lowest BCUT2D eigenvalue weighted by molar-refractivity contribution is -1.000. The van der Waals surface area contributed by atoms with Crippen molar-refractivity contribution in [3.63, 3.8) is 0 Å². The number of carbonyl (C=O) groups is 4. The topological polar surface area (TPSA) is 172 Å². The maximum atomic E-state index is 13.7. The molecular formula is C35H41F6N3O10. The fourth-order valence-electron chi connectivity index (χ4n) is 5.35. The number of halogens is 6. The number of quaternary nitrogens is 2. The van der Waals surface area contributed by atoms with E-state index in [1.807, 2.05) is 48.6 Å². The number of piperazine rings is 1. The van der Waals surface area contributed by atoms with E-state index in [0.717, 1.165) is 37.3 Å². The minimum absolute atomic E-state index is 0.0184. The van der Waals surface area contributed by atoms with Crippen molar-refractivity contribution in [2.24, 2.45) is 0 Å².